The molecule has 1 aromatic heterocycles. The fourth-order valence-electron chi connectivity index (χ4n) is 7.91. The highest BCUT2D eigenvalue weighted by atomic mass is 16.5. The summed E-state index contributed by atoms with van der Waals surface area (Å²) in [5.41, 5.74) is 11.7. The molecule has 5 nitrogen and oxygen atoms in total. The van der Waals surface area contributed by atoms with Crippen molar-refractivity contribution in [2.45, 2.75) is 5.41 Å². The Labute approximate surface area is 301 Å². The molecule has 10 rings (SSSR count). The van der Waals surface area contributed by atoms with Gasteiger partial charge >= 0.3 is 0 Å². The third-order valence-electron chi connectivity index (χ3n) is 10.2. The highest BCUT2D eigenvalue weighted by molar-refractivity contribution is 5.90. The van der Waals surface area contributed by atoms with Crippen LogP contribution in [0.5, 0.6) is 11.5 Å². The molecule has 5 heteroatoms. The first kappa shape index (κ1) is 29.7. The van der Waals surface area contributed by atoms with Crippen molar-refractivity contribution in [2.24, 2.45) is 0 Å². The molecule has 0 unspecified atom stereocenters. The Hall–Kier alpha value is -7.16. The topological polar surface area (TPSA) is 52.3 Å². The van der Waals surface area contributed by atoms with Gasteiger partial charge in [0.15, 0.2) is 23.2 Å². The summed E-state index contributed by atoms with van der Waals surface area (Å²) in [6.07, 6.45) is 0. The van der Waals surface area contributed by atoms with Crippen LogP contribution in [0.4, 0.5) is 5.69 Å². The van der Waals surface area contributed by atoms with E-state index < -0.39 is 5.41 Å². The number of nitrogens with zero attached hydrogens (tertiary/aromatic N) is 4. The zero-order valence-electron chi connectivity index (χ0n) is 27.9. The molecule has 0 amide bonds. The minimum Gasteiger partial charge on any atom is -0.457 e. The van der Waals surface area contributed by atoms with Gasteiger partial charge in [-0.05, 0) is 57.6 Å². The minimum atomic E-state index is -0.591. The molecule has 0 saturated carbocycles. The number of hydrogen-bond donors (Lipinski definition) is 0. The first-order valence-electron chi connectivity index (χ1n) is 17.2. The second-order valence-corrected chi connectivity index (χ2v) is 13.1. The van der Waals surface area contributed by atoms with Gasteiger partial charge in [0.2, 0.25) is 0 Å². The van der Waals surface area contributed by atoms with Crippen molar-refractivity contribution in [2.75, 3.05) is 0 Å². The maximum absolute atomic E-state index is 7.42. The summed E-state index contributed by atoms with van der Waals surface area (Å²) < 4.78 is 6.54. The van der Waals surface area contributed by atoms with Gasteiger partial charge in [-0.1, -0.05) is 146 Å². The molecule has 1 spiro atoms. The molecule has 2 heterocycles. The predicted octanol–water partition coefficient (Wildman–Crippen LogP) is 11.6. The molecule has 1 aliphatic heterocycles. The van der Waals surface area contributed by atoms with Crippen molar-refractivity contribution in [3.05, 3.63) is 204 Å². The summed E-state index contributed by atoms with van der Waals surface area (Å²) in [5, 5.41) is 0. The Morgan fingerprint density at radius 3 is 1.62 bits per heavy atom. The highest BCUT2D eigenvalue weighted by Crippen LogP contribution is 2.62. The lowest BCUT2D eigenvalue weighted by atomic mass is 9.66. The van der Waals surface area contributed by atoms with Crippen LogP contribution < -0.4 is 4.74 Å². The monoisotopic (exact) mass is 664 g/mol. The second kappa shape index (κ2) is 11.7. The maximum Gasteiger partial charge on any atom is 0.187 e. The van der Waals surface area contributed by atoms with Gasteiger partial charge in [0.1, 0.15) is 11.5 Å². The van der Waals surface area contributed by atoms with Gasteiger partial charge in [-0.2, -0.15) is 0 Å². The van der Waals surface area contributed by atoms with Crippen molar-refractivity contribution in [3.8, 4) is 67.9 Å². The van der Waals surface area contributed by atoms with E-state index in [2.05, 4.69) is 95.8 Å². The fourth-order valence-corrected chi connectivity index (χ4v) is 7.91. The number of para-hydroxylation sites is 2. The van der Waals surface area contributed by atoms with Crippen LogP contribution in [0.15, 0.2) is 170 Å². The summed E-state index contributed by atoms with van der Waals surface area (Å²) in [4.78, 5) is 18.8. The lowest BCUT2D eigenvalue weighted by molar-refractivity contribution is 0.436. The van der Waals surface area contributed by atoms with Crippen LogP contribution in [0.2, 0.25) is 0 Å². The zero-order chi connectivity index (χ0) is 34.6. The first-order chi connectivity index (χ1) is 25.7. The average Bonchev–Trinajstić information content (AvgIpc) is 3.51. The zero-order valence-corrected chi connectivity index (χ0v) is 27.9. The molecule has 0 bridgehead atoms. The second-order valence-electron chi connectivity index (χ2n) is 13.1. The summed E-state index contributed by atoms with van der Waals surface area (Å²) in [7, 11) is 0. The minimum absolute atomic E-state index is 0.588. The molecule has 242 valence electrons. The lowest BCUT2D eigenvalue weighted by Crippen LogP contribution is -2.32. The number of benzene rings is 7. The Kier molecular flexibility index (Phi) is 6.70. The van der Waals surface area contributed by atoms with Gasteiger partial charge in [0.25, 0.3) is 0 Å². The maximum atomic E-state index is 7.42. The molecule has 2 aliphatic rings. The van der Waals surface area contributed by atoms with Crippen molar-refractivity contribution < 1.29 is 4.74 Å². The molecular weight excluding hydrogens is 637 g/mol. The van der Waals surface area contributed by atoms with E-state index >= 15 is 0 Å². The largest absolute Gasteiger partial charge is 0.457 e. The number of aromatic nitrogens is 3. The molecular formula is C47H28N4O. The predicted molar refractivity (Wildman–Crippen MR) is 205 cm³/mol. The Balaban J connectivity index is 1.17. The number of fused-ring (bicyclic) bond motifs is 9. The molecule has 0 N–H and O–H groups in total. The molecule has 1 aliphatic carbocycles. The Bertz CT molecular complexity index is 2680. The van der Waals surface area contributed by atoms with E-state index in [1.807, 2.05) is 78.9 Å². The van der Waals surface area contributed by atoms with E-state index in [0.717, 1.165) is 50.4 Å². The summed E-state index contributed by atoms with van der Waals surface area (Å²) in [6.45, 7) is 7.42. The van der Waals surface area contributed by atoms with Gasteiger partial charge in [-0.25, -0.2) is 19.8 Å². The van der Waals surface area contributed by atoms with Crippen LogP contribution in [0.1, 0.15) is 22.3 Å². The number of rotatable bonds is 4. The molecule has 0 atom stereocenters. The normalized spacial score (nSPS) is 12.9. The quantitative estimate of drug-likeness (QED) is 0.176. The third kappa shape index (κ3) is 4.52. The Morgan fingerprint density at radius 1 is 0.404 bits per heavy atom. The van der Waals surface area contributed by atoms with Crippen LogP contribution in [0.3, 0.4) is 0 Å². The molecule has 52 heavy (non-hydrogen) atoms. The summed E-state index contributed by atoms with van der Waals surface area (Å²) >= 11 is 0. The van der Waals surface area contributed by atoms with Gasteiger partial charge in [0.05, 0.1) is 12.0 Å². The van der Waals surface area contributed by atoms with Crippen LogP contribution in [0.25, 0.3) is 61.3 Å². The van der Waals surface area contributed by atoms with E-state index in [1.165, 1.54) is 22.3 Å². The number of hydrogen-bond acceptors (Lipinski definition) is 4. The van der Waals surface area contributed by atoms with Crippen molar-refractivity contribution in [3.63, 3.8) is 0 Å². The van der Waals surface area contributed by atoms with E-state index in [-0.39, 0.29) is 0 Å². The van der Waals surface area contributed by atoms with Gasteiger partial charge in [-0.3, -0.25) is 0 Å². The summed E-state index contributed by atoms with van der Waals surface area (Å²) in [5.74, 6) is 3.50. The van der Waals surface area contributed by atoms with Crippen LogP contribution in [0, 0.1) is 6.57 Å². The van der Waals surface area contributed by atoms with Crippen LogP contribution in [-0.4, -0.2) is 15.0 Å². The molecule has 7 aromatic carbocycles. The fraction of sp³-hybridized carbons (Fsp3) is 0.0213. The van der Waals surface area contributed by atoms with Crippen molar-refractivity contribution in [1.29, 1.82) is 0 Å². The number of ether oxygens (including phenoxy) is 1. The smallest absolute Gasteiger partial charge is 0.187 e. The van der Waals surface area contributed by atoms with E-state index in [0.29, 0.717) is 23.2 Å². The molecule has 8 aromatic rings. The SMILES string of the molecule is [C-]#[N+]c1cccc(-c2ccc(-c3nc(-c4ccccc4)nc(-c4ccc5c(c4)C4(c6ccccc6Oc6ccccc64)c4ccccc4-5)n3)cc2)c1. The standard InChI is InChI=1S/C47H28N4O/c1-48-35-15-11-14-33(28-35)30-22-24-32(25-23-30)45-49-44(31-12-3-2-4-13-31)50-46(51-45)34-26-27-37-36-16-5-6-17-38(36)47(41(37)29-34)39-18-7-9-20-42(39)52-43-21-10-8-19-40(43)47/h2-29H. The van der Waals surface area contributed by atoms with Crippen LogP contribution >= 0.6 is 0 Å². The molecule has 0 saturated heterocycles. The first-order valence-corrected chi connectivity index (χ1v) is 17.2. The van der Waals surface area contributed by atoms with E-state index in [9.17, 15) is 0 Å². The average molecular weight is 665 g/mol. The molecule has 0 fully saturated rings. The lowest BCUT2D eigenvalue weighted by Gasteiger charge is -2.39. The molecule has 0 radical (unpaired) electrons. The van der Waals surface area contributed by atoms with Gasteiger partial charge in [-0.15, -0.1) is 0 Å². The Morgan fingerprint density at radius 2 is 0.923 bits per heavy atom. The van der Waals surface area contributed by atoms with Crippen molar-refractivity contribution >= 4 is 5.69 Å². The van der Waals surface area contributed by atoms with E-state index in [1.54, 1.807) is 0 Å². The van der Waals surface area contributed by atoms with E-state index in [4.69, 9.17) is 26.3 Å². The van der Waals surface area contributed by atoms with Gasteiger partial charge < -0.3 is 4.74 Å². The van der Waals surface area contributed by atoms with Gasteiger partial charge in [0, 0.05) is 27.8 Å². The van der Waals surface area contributed by atoms with Crippen molar-refractivity contribution in [1.82, 2.24) is 15.0 Å². The highest BCUT2D eigenvalue weighted by Gasteiger charge is 2.51. The summed E-state index contributed by atoms with van der Waals surface area (Å²) in [6, 6.07) is 58.0. The third-order valence-corrected chi connectivity index (χ3v) is 10.2. The van der Waals surface area contributed by atoms with Crippen LogP contribution in [-0.2, 0) is 5.41 Å².